The van der Waals surface area contributed by atoms with Crippen molar-refractivity contribution in [3.63, 3.8) is 0 Å². The molecule has 0 aliphatic heterocycles. The predicted molar refractivity (Wildman–Crippen MR) is 71.5 cm³/mol. The Balaban J connectivity index is 2.27. The number of rotatable bonds is 7. The minimum atomic E-state index is -0.814. The van der Waals surface area contributed by atoms with E-state index in [9.17, 15) is 9.59 Å². The van der Waals surface area contributed by atoms with E-state index in [0.717, 1.165) is 5.76 Å². The molecule has 5 nitrogen and oxygen atoms in total. The van der Waals surface area contributed by atoms with Gasteiger partial charge >= 0.3 is 5.97 Å². The van der Waals surface area contributed by atoms with Crippen LogP contribution in [-0.2, 0) is 9.59 Å². The Hall–Kier alpha value is -2.04. The van der Waals surface area contributed by atoms with E-state index in [2.05, 4.69) is 5.32 Å². The van der Waals surface area contributed by atoms with E-state index < -0.39 is 5.97 Å². The maximum atomic E-state index is 11.5. The molecule has 1 amide bonds. The minimum Gasteiger partial charge on any atom is -0.481 e. The summed E-state index contributed by atoms with van der Waals surface area (Å²) in [6.45, 7) is 4.21. The van der Waals surface area contributed by atoms with Gasteiger partial charge in [-0.05, 0) is 37.5 Å². The lowest BCUT2D eigenvalue weighted by molar-refractivity contribution is -0.137. The van der Waals surface area contributed by atoms with E-state index in [4.69, 9.17) is 9.52 Å². The molecule has 0 aromatic carbocycles. The van der Waals surface area contributed by atoms with E-state index in [0.29, 0.717) is 18.7 Å². The number of hydrogen-bond acceptors (Lipinski definition) is 3. The molecule has 2 N–H and O–H groups in total. The monoisotopic (exact) mass is 265 g/mol. The Morgan fingerprint density at radius 1 is 1.47 bits per heavy atom. The Bertz CT molecular complexity index is 462. The highest BCUT2D eigenvalue weighted by Crippen LogP contribution is 2.08. The third kappa shape index (κ3) is 6.45. The predicted octanol–water partition coefficient (Wildman–Crippen LogP) is 2.22. The van der Waals surface area contributed by atoms with Crippen molar-refractivity contribution in [2.75, 3.05) is 6.54 Å². The van der Waals surface area contributed by atoms with Crippen molar-refractivity contribution in [3.8, 4) is 0 Å². The van der Waals surface area contributed by atoms with E-state index in [1.54, 1.807) is 12.1 Å². The fourth-order valence-corrected chi connectivity index (χ4v) is 1.51. The molecule has 0 spiro atoms. The van der Waals surface area contributed by atoms with Crippen LogP contribution in [0.3, 0.4) is 0 Å². The summed E-state index contributed by atoms with van der Waals surface area (Å²) in [5, 5.41) is 11.3. The van der Waals surface area contributed by atoms with E-state index >= 15 is 0 Å². The van der Waals surface area contributed by atoms with Crippen LogP contribution in [0, 0.1) is 12.8 Å². The molecule has 1 aromatic rings. The molecule has 0 fully saturated rings. The SMILES string of the molecule is Cc1ccc(/C=C/C(=O)NCC(C)CCC(=O)O)o1. The molecule has 1 unspecified atom stereocenters. The van der Waals surface area contributed by atoms with Crippen molar-refractivity contribution >= 4 is 18.0 Å². The molecule has 0 bridgehead atoms. The van der Waals surface area contributed by atoms with Gasteiger partial charge in [-0.15, -0.1) is 0 Å². The van der Waals surface area contributed by atoms with Crippen molar-refractivity contribution in [2.45, 2.75) is 26.7 Å². The fraction of sp³-hybridized carbons (Fsp3) is 0.429. The summed E-state index contributed by atoms with van der Waals surface area (Å²) in [5.41, 5.74) is 0. The number of aliphatic carboxylic acids is 1. The Labute approximate surface area is 112 Å². The molecule has 1 atom stereocenters. The molecule has 104 valence electrons. The maximum Gasteiger partial charge on any atom is 0.303 e. The Kier molecular flexibility index (Phi) is 5.85. The first-order valence-corrected chi connectivity index (χ1v) is 6.21. The summed E-state index contributed by atoms with van der Waals surface area (Å²) < 4.78 is 5.29. The molecule has 0 aliphatic carbocycles. The molecule has 0 saturated carbocycles. The van der Waals surface area contributed by atoms with Crippen LogP contribution < -0.4 is 5.32 Å². The van der Waals surface area contributed by atoms with Gasteiger partial charge in [-0.3, -0.25) is 9.59 Å². The van der Waals surface area contributed by atoms with Gasteiger partial charge in [-0.1, -0.05) is 6.92 Å². The lowest BCUT2D eigenvalue weighted by atomic mass is 10.1. The summed E-state index contributed by atoms with van der Waals surface area (Å²) in [7, 11) is 0. The molecule has 0 aliphatic rings. The number of hydrogen-bond donors (Lipinski definition) is 2. The summed E-state index contributed by atoms with van der Waals surface area (Å²) in [5.74, 6) is 0.538. The number of aryl methyl sites for hydroxylation is 1. The third-order valence-corrected chi connectivity index (χ3v) is 2.64. The van der Waals surface area contributed by atoms with Gasteiger partial charge in [0.25, 0.3) is 0 Å². The van der Waals surface area contributed by atoms with Gasteiger partial charge in [0.1, 0.15) is 11.5 Å². The number of carbonyl (C=O) groups excluding carboxylic acids is 1. The van der Waals surface area contributed by atoms with Crippen molar-refractivity contribution in [2.24, 2.45) is 5.92 Å². The minimum absolute atomic E-state index is 0.124. The quantitative estimate of drug-likeness (QED) is 0.741. The summed E-state index contributed by atoms with van der Waals surface area (Å²) in [6.07, 6.45) is 3.68. The second-order valence-electron chi connectivity index (χ2n) is 4.56. The van der Waals surface area contributed by atoms with E-state index in [1.807, 2.05) is 19.9 Å². The fourth-order valence-electron chi connectivity index (χ4n) is 1.51. The standard InChI is InChI=1S/C14H19NO4/c1-10(3-8-14(17)18)9-15-13(16)7-6-12-5-4-11(2)19-12/h4-7,10H,3,8-9H2,1-2H3,(H,15,16)(H,17,18)/b7-6+. The second-order valence-corrected chi connectivity index (χ2v) is 4.56. The smallest absolute Gasteiger partial charge is 0.303 e. The van der Waals surface area contributed by atoms with Crippen LogP contribution in [0.15, 0.2) is 22.6 Å². The van der Waals surface area contributed by atoms with Gasteiger partial charge in [0.15, 0.2) is 0 Å². The molecule has 0 saturated heterocycles. The van der Waals surface area contributed by atoms with Crippen LogP contribution in [0.2, 0.25) is 0 Å². The van der Waals surface area contributed by atoms with Gasteiger partial charge in [-0.2, -0.15) is 0 Å². The molecule has 19 heavy (non-hydrogen) atoms. The number of carbonyl (C=O) groups is 2. The van der Waals surface area contributed by atoms with Crippen LogP contribution in [0.5, 0.6) is 0 Å². The number of nitrogens with one attached hydrogen (secondary N) is 1. The van der Waals surface area contributed by atoms with E-state index in [1.165, 1.54) is 6.08 Å². The van der Waals surface area contributed by atoms with Crippen LogP contribution in [0.25, 0.3) is 6.08 Å². The van der Waals surface area contributed by atoms with Crippen molar-refractivity contribution in [1.82, 2.24) is 5.32 Å². The number of carboxylic acid groups (broad SMARTS) is 1. The molecule has 1 heterocycles. The molecule has 1 rings (SSSR count). The van der Waals surface area contributed by atoms with Crippen LogP contribution in [0.1, 0.15) is 31.3 Å². The highest BCUT2D eigenvalue weighted by molar-refractivity contribution is 5.91. The Morgan fingerprint density at radius 3 is 2.79 bits per heavy atom. The molecule has 5 heteroatoms. The zero-order valence-electron chi connectivity index (χ0n) is 11.2. The topological polar surface area (TPSA) is 79.5 Å². The zero-order valence-corrected chi connectivity index (χ0v) is 11.2. The van der Waals surface area contributed by atoms with Gasteiger partial charge in [0.05, 0.1) is 0 Å². The second kappa shape index (κ2) is 7.41. The third-order valence-electron chi connectivity index (χ3n) is 2.64. The number of carboxylic acids is 1. The normalized spacial score (nSPS) is 12.5. The average Bonchev–Trinajstić information content (AvgIpc) is 2.77. The molecule has 0 radical (unpaired) electrons. The average molecular weight is 265 g/mol. The first-order valence-electron chi connectivity index (χ1n) is 6.21. The number of amides is 1. The van der Waals surface area contributed by atoms with Crippen molar-refractivity contribution in [3.05, 3.63) is 29.7 Å². The zero-order chi connectivity index (χ0) is 14.3. The lowest BCUT2D eigenvalue weighted by Gasteiger charge is -2.09. The number of furan rings is 1. The molecular formula is C14H19NO4. The van der Waals surface area contributed by atoms with Gasteiger partial charge < -0.3 is 14.8 Å². The highest BCUT2D eigenvalue weighted by atomic mass is 16.4. The van der Waals surface area contributed by atoms with E-state index in [-0.39, 0.29) is 18.2 Å². The Morgan fingerprint density at radius 2 is 2.21 bits per heavy atom. The van der Waals surface area contributed by atoms with Gasteiger partial charge in [0, 0.05) is 19.0 Å². The lowest BCUT2D eigenvalue weighted by Crippen LogP contribution is -2.26. The molecule has 1 aromatic heterocycles. The first kappa shape index (κ1) is 15.0. The van der Waals surface area contributed by atoms with Gasteiger partial charge in [0.2, 0.25) is 5.91 Å². The van der Waals surface area contributed by atoms with Crippen LogP contribution in [-0.4, -0.2) is 23.5 Å². The van der Waals surface area contributed by atoms with Crippen molar-refractivity contribution in [1.29, 1.82) is 0 Å². The van der Waals surface area contributed by atoms with Crippen LogP contribution >= 0.6 is 0 Å². The summed E-state index contributed by atoms with van der Waals surface area (Å²) in [4.78, 5) is 21.9. The van der Waals surface area contributed by atoms with Crippen molar-refractivity contribution < 1.29 is 19.1 Å². The summed E-state index contributed by atoms with van der Waals surface area (Å²) >= 11 is 0. The summed E-state index contributed by atoms with van der Waals surface area (Å²) in [6, 6.07) is 3.61. The van der Waals surface area contributed by atoms with Crippen LogP contribution in [0.4, 0.5) is 0 Å². The molecular weight excluding hydrogens is 246 g/mol. The first-order chi connectivity index (χ1) is 8.97. The maximum absolute atomic E-state index is 11.5. The highest BCUT2D eigenvalue weighted by Gasteiger charge is 2.06. The largest absolute Gasteiger partial charge is 0.481 e. The van der Waals surface area contributed by atoms with Gasteiger partial charge in [-0.25, -0.2) is 0 Å².